The number of guanidine groups is 1. The summed E-state index contributed by atoms with van der Waals surface area (Å²) >= 11 is 0. The van der Waals surface area contributed by atoms with Crippen LogP contribution in [0.5, 0.6) is 0 Å². The van der Waals surface area contributed by atoms with Gasteiger partial charge in [-0.15, -0.1) is 10.2 Å². The van der Waals surface area contributed by atoms with Crippen molar-refractivity contribution in [3.8, 4) is 0 Å². The molecule has 0 amide bonds. The summed E-state index contributed by atoms with van der Waals surface area (Å²) in [5, 5.41) is 7.32. The van der Waals surface area contributed by atoms with Gasteiger partial charge in [0.25, 0.3) is 0 Å². The average molecular weight is 165 g/mol. The molecule has 7 heteroatoms. The predicted molar refractivity (Wildman–Crippen MR) is 45.8 cm³/mol. The number of nitrogens with zero attached hydrogens (tertiary/aromatic N) is 4. The summed E-state index contributed by atoms with van der Waals surface area (Å²) in [7, 11) is 0. The van der Waals surface area contributed by atoms with Crippen LogP contribution in [0, 0.1) is 5.92 Å². The summed E-state index contributed by atoms with van der Waals surface area (Å²) in [4.78, 5) is 7.58. The van der Waals surface area contributed by atoms with Crippen molar-refractivity contribution in [3.05, 3.63) is 0 Å². The minimum Gasteiger partial charge on any atom is -0.386 e. The SMILES string of the molecule is NC1=NC2=NN=C(N)[C@@H]2C(N)=N1. The number of hydrogen-bond acceptors (Lipinski definition) is 7. The quantitative estimate of drug-likeness (QED) is 0.383. The molecule has 2 aliphatic heterocycles. The number of aliphatic imine (C=N–C) groups is 2. The van der Waals surface area contributed by atoms with Gasteiger partial charge in [0.1, 0.15) is 17.6 Å². The summed E-state index contributed by atoms with van der Waals surface area (Å²) in [5.74, 6) is 0.727. The molecule has 7 nitrogen and oxygen atoms in total. The number of fused-ring (bicyclic) bond motifs is 1. The maximum Gasteiger partial charge on any atom is 0.223 e. The summed E-state index contributed by atoms with van der Waals surface area (Å²) in [6, 6.07) is 0. The van der Waals surface area contributed by atoms with Gasteiger partial charge in [-0.3, -0.25) is 0 Å². The summed E-state index contributed by atoms with van der Waals surface area (Å²) in [6.07, 6.45) is 0. The lowest BCUT2D eigenvalue weighted by Crippen LogP contribution is -2.42. The van der Waals surface area contributed by atoms with Crippen LogP contribution in [0.15, 0.2) is 20.2 Å². The Balaban J connectivity index is 2.45. The third-order valence-corrected chi connectivity index (χ3v) is 1.59. The van der Waals surface area contributed by atoms with Gasteiger partial charge in [0.2, 0.25) is 5.96 Å². The molecule has 0 bridgehead atoms. The van der Waals surface area contributed by atoms with E-state index in [4.69, 9.17) is 17.2 Å². The molecule has 0 saturated heterocycles. The topological polar surface area (TPSA) is 127 Å². The van der Waals surface area contributed by atoms with Crippen molar-refractivity contribution < 1.29 is 0 Å². The molecule has 0 aromatic heterocycles. The van der Waals surface area contributed by atoms with E-state index in [0.717, 1.165) is 0 Å². The van der Waals surface area contributed by atoms with Crippen molar-refractivity contribution in [2.75, 3.05) is 0 Å². The van der Waals surface area contributed by atoms with Crippen LogP contribution in [0.1, 0.15) is 0 Å². The first-order valence-corrected chi connectivity index (χ1v) is 3.27. The van der Waals surface area contributed by atoms with Crippen LogP contribution in [-0.4, -0.2) is 23.5 Å². The molecule has 12 heavy (non-hydrogen) atoms. The zero-order chi connectivity index (χ0) is 8.72. The minimum atomic E-state index is -0.378. The standard InChI is InChI=1S/C5H7N7/c6-2-1-3(7)11-12-4(1)10-5(8)9-2/h1H,(H2,7,11)(H4,6,8,9,10,12)/t1-/m0/s1. The van der Waals surface area contributed by atoms with E-state index in [0.29, 0.717) is 17.5 Å². The van der Waals surface area contributed by atoms with Gasteiger partial charge in [-0.25, -0.2) is 0 Å². The lowest BCUT2D eigenvalue weighted by molar-refractivity contribution is 1.18. The van der Waals surface area contributed by atoms with Crippen LogP contribution < -0.4 is 17.2 Å². The van der Waals surface area contributed by atoms with Crippen molar-refractivity contribution in [2.24, 2.45) is 43.3 Å². The van der Waals surface area contributed by atoms with Crippen molar-refractivity contribution in [3.63, 3.8) is 0 Å². The van der Waals surface area contributed by atoms with Crippen LogP contribution in [-0.2, 0) is 0 Å². The number of rotatable bonds is 0. The van der Waals surface area contributed by atoms with E-state index < -0.39 is 0 Å². The number of nitrogens with two attached hydrogens (primary N) is 3. The van der Waals surface area contributed by atoms with E-state index in [1.807, 2.05) is 0 Å². The lowest BCUT2D eigenvalue weighted by atomic mass is 10.1. The maximum absolute atomic E-state index is 5.55. The molecule has 2 aliphatic rings. The van der Waals surface area contributed by atoms with E-state index in [1.165, 1.54) is 0 Å². The highest BCUT2D eigenvalue weighted by Gasteiger charge is 2.31. The zero-order valence-corrected chi connectivity index (χ0v) is 6.10. The summed E-state index contributed by atoms with van der Waals surface area (Å²) in [6.45, 7) is 0. The van der Waals surface area contributed by atoms with E-state index in [9.17, 15) is 0 Å². The number of amidine groups is 3. The Morgan fingerprint density at radius 2 is 1.67 bits per heavy atom. The second kappa shape index (κ2) is 2.03. The Morgan fingerprint density at radius 3 is 2.42 bits per heavy atom. The molecule has 6 N–H and O–H groups in total. The molecule has 0 spiro atoms. The van der Waals surface area contributed by atoms with E-state index in [1.54, 1.807) is 0 Å². The Hall–Kier alpha value is -1.92. The minimum absolute atomic E-state index is 0.0902. The van der Waals surface area contributed by atoms with E-state index in [-0.39, 0.29) is 11.9 Å². The molecular weight excluding hydrogens is 158 g/mol. The molecule has 0 aromatic carbocycles. The Labute approximate surface area is 67.8 Å². The first-order chi connectivity index (χ1) is 5.68. The van der Waals surface area contributed by atoms with Crippen molar-refractivity contribution in [2.45, 2.75) is 0 Å². The molecule has 0 radical (unpaired) electrons. The predicted octanol–water partition coefficient (Wildman–Crippen LogP) is -2.03. The number of hydrogen-bond donors (Lipinski definition) is 3. The van der Waals surface area contributed by atoms with Gasteiger partial charge < -0.3 is 17.2 Å². The first-order valence-electron chi connectivity index (χ1n) is 3.27. The Bertz CT molecular complexity index is 347. The Morgan fingerprint density at radius 1 is 0.917 bits per heavy atom. The maximum atomic E-state index is 5.55. The molecule has 1 atom stereocenters. The monoisotopic (exact) mass is 165 g/mol. The van der Waals surface area contributed by atoms with Crippen LogP contribution in [0.25, 0.3) is 0 Å². The van der Waals surface area contributed by atoms with E-state index in [2.05, 4.69) is 20.2 Å². The fourth-order valence-electron chi connectivity index (χ4n) is 1.07. The first kappa shape index (κ1) is 6.77. The highest BCUT2D eigenvalue weighted by Crippen LogP contribution is 2.13. The van der Waals surface area contributed by atoms with E-state index >= 15 is 0 Å². The molecule has 2 rings (SSSR count). The third-order valence-electron chi connectivity index (χ3n) is 1.59. The van der Waals surface area contributed by atoms with Gasteiger partial charge in [0, 0.05) is 0 Å². The molecule has 0 aromatic rings. The van der Waals surface area contributed by atoms with Crippen LogP contribution in [0.4, 0.5) is 0 Å². The highest BCUT2D eigenvalue weighted by atomic mass is 15.3. The van der Waals surface area contributed by atoms with Gasteiger partial charge in [0.15, 0.2) is 5.84 Å². The molecule has 0 saturated carbocycles. The van der Waals surface area contributed by atoms with Crippen LogP contribution in [0.3, 0.4) is 0 Å². The Kier molecular flexibility index (Phi) is 1.15. The van der Waals surface area contributed by atoms with Crippen LogP contribution >= 0.6 is 0 Å². The fraction of sp³-hybridized carbons (Fsp3) is 0.200. The molecule has 0 unspecified atom stereocenters. The largest absolute Gasteiger partial charge is 0.386 e. The van der Waals surface area contributed by atoms with Crippen molar-refractivity contribution >= 4 is 23.5 Å². The fourth-order valence-corrected chi connectivity index (χ4v) is 1.07. The zero-order valence-electron chi connectivity index (χ0n) is 6.10. The van der Waals surface area contributed by atoms with Crippen molar-refractivity contribution in [1.82, 2.24) is 0 Å². The average Bonchev–Trinajstić information content (AvgIpc) is 2.31. The molecule has 62 valence electrons. The molecular formula is C5H7N7. The summed E-state index contributed by atoms with van der Waals surface area (Å²) in [5.41, 5.74) is 16.4. The second-order valence-corrected chi connectivity index (χ2v) is 2.42. The second-order valence-electron chi connectivity index (χ2n) is 2.42. The van der Waals surface area contributed by atoms with Gasteiger partial charge in [-0.05, 0) is 0 Å². The van der Waals surface area contributed by atoms with Gasteiger partial charge in [-0.2, -0.15) is 9.98 Å². The molecule has 0 fully saturated rings. The van der Waals surface area contributed by atoms with Gasteiger partial charge in [-0.1, -0.05) is 0 Å². The van der Waals surface area contributed by atoms with Gasteiger partial charge in [0.05, 0.1) is 0 Å². The molecule has 0 aliphatic carbocycles. The third kappa shape index (κ3) is 0.760. The van der Waals surface area contributed by atoms with Crippen LogP contribution in [0.2, 0.25) is 0 Å². The van der Waals surface area contributed by atoms with Crippen molar-refractivity contribution in [1.29, 1.82) is 0 Å². The molecule has 2 heterocycles. The highest BCUT2D eigenvalue weighted by molar-refractivity contribution is 6.28. The summed E-state index contributed by atoms with van der Waals surface area (Å²) < 4.78 is 0. The normalized spacial score (nSPS) is 26.8. The smallest absolute Gasteiger partial charge is 0.223 e. The van der Waals surface area contributed by atoms with Gasteiger partial charge >= 0.3 is 0 Å². The lowest BCUT2D eigenvalue weighted by Gasteiger charge is -2.13.